The third-order valence-electron chi connectivity index (χ3n) is 3.44. The molecule has 1 unspecified atom stereocenters. The van der Waals surface area contributed by atoms with E-state index in [4.69, 9.17) is 32.7 Å². The summed E-state index contributed by atoms with van der Waals surface area (Å²) in [5.74, 6) is 0.992. The maximum atomic E-state index is 12.3. The molecule has 7 heteroatoms. The molecule has 5 nitrogen and oxygen atoms in total. The van der Waals surface area contributed by atoms with Gasteiger partial charge in [-0.2, -0.15) is 0 Å². The van der Waals surface area contributed by atoms with Crippen LogP contribution in [0.2, 0.25) is 10.2 Å². The van der Waals surface area contributed by atoms with Crippen LogP contribution in [0.15, 0.2) is 30.3 Å². The van der Waals surface area contributed by atoms with Gasteiger partial charge in [0.05, 0.1) is 11.1 Å². The quantitative estimate of drug-likeness (QED) is 0.856. The second-order valence-electron chi connectivity index (χ2n) is 5.06. The first-order chi connectivity index (χ1) is 11.0. The minimum Gasteiger partial charge on any atom is -0.486 e. The van der Waals surface area contributed by atoms with E-state index in [1.807, 2.05) is 25.1 Å². The van der Waals surface area contributed by atoms with E-state index in [2.05, 4.69) is 10.3 Å². The number of hydrogen-bond acceptors (Lipinski definition) is 4. The van der Waals surface area contributed by atoms with Crippen molar-refractivity contribution in [2.24, 2.45) is 0 Å². The molecule has 1 atom stereocenters. The molecule has 0 saturated carbocycles. The van der Waals surface area contributed by atoms with Gasteiger partial charge in [0.1, 0.15) is 24.1 Å². The van der Waals surface area contributed by atoms with Crippen LogP contribution >= 0.6 is 23.2 Å². The van der Waals surface area contributed by atoms with Gasteiger partial charge in [0.2, 0.25) is 0 Å². The number of aromatic nitrogens is 1. The molecular formula is C16H14Cl2N2O3. The van der Waals surface area contributed by atoms with Crippen LogP contribution in [-0.2, 0) is 0 Å². The third kappa shape index (κ3) is 3.51. The zero-order valence-electron chi connectivity index (χ0n) is 12.3. The summed E-state index contributed by atoms with van der Waals surface area (Å²) in [6.07, 6.45) is 0. The van der Waals surface area contributed by atoms with Gasteiger partial charge in [-0.3, -0.25) is 4.79 Å². The summed E-state index contributed by atoms with van der Waals surface area (Å²) >= 11 is 11.8. The highest BCUT2D eigenvalue weighted by Crippen LogP contribution is 2.32. The third-order valence-corrected chi connectivity index (χ3v) is 3.96. The van der Waals surface area contributed by atoms with Gasteiger partial charge in [0.25, 0.3) is 5.91 Å². The second kappa shape index (κ2) is 6.64. The van der Waals surface area contributed by atoms with Crippen LogP contribution < -0.4 is 14.8 Å². The van der Waals surface area contributed by atoms with Crippen LogP contribution in [-0.4, -0.2) is 24.1 Å². The van der Waals surface area contributed by atoms with E-state index < -0.39 is 0 Å². The molecule has 1 aliphatic heterocycles. The summed E-state index contributed by atoms with van der Waals surface area (Å²) in [5, 5.41) is 3.31. The Hall–Kier alpha value is -1.98. The average Bonchev–Trinajstić information content (AvgIpc) is 2.56. The van der Waals surface area contributed by atoms with E-state index >= 15 is 0 Å². The lowest BCUT2D eigenvalue weighted by Gasteiger charge is -2.21. The molecule has 120 valence electrons. The maximum Gasteiger partial charge on any atom is 0.271 e. The smallest absolute Gasteiger partial charge is 0.271 e. The first-order valence-corrected chi connectivity index (χ1v) is 7.82. The lowest BCUT2D eigenvalue weighted by molar-refractivity contribution is 0.0935. The SMILES string of the molecule is CC(NC(=O)c1nc(Cl)ccc1Cl)c1ccc2c(c1)OCCO2. The summed E-state index contributed by atoms with van der Waals surface area (Å²) in [6.45, 7) is 2.92. The molecule has 1 N–H and O–H groups in total. The predicted octanol–water partition coefficient (Wildman–Crippen LogP) is 3.65. The Morgan fingerprint density at radius 1 is 1.17 bits per heavy atom. The molecule has 1 aromatic carbocycles. The van der Waals surface area contributed by atoms with Crippen LogP contribution in [0, 0.1) is 0 Å². The van der Waals surface area contributed by atoms with Crippen molar-refractivity contribution in [2.75, 3.05) is 13.2 Å². The van der Waals surface area contributed by atoms with E-state index in [9.17, 15) is 4.79 Å². The molecule has 0 saturated heterocycles. The number of carbonyl (C=O) groups is 1. The molecule has 2 heterocycles. The highest BCUT2D eigenvalue weighted by atomic mass is 35.5. The van der Waals surface area contributed by atoms with Crippen molar-refractivity contribution in [3.05, 3.63) is 51.8 Å². The van der Waals surface area contributed by atoms with Gasteiger partial charge in [0, 0.05) is 0 Å². The van der Waals surface area contributed by atoms with Crippen molar-refractivity contribution in [1.82, 2.24) is 10.3 Å². The number of benzene rings is 1. The molecule has 0 aliphatic carbocycles. The molecule has 3 rings (SSSR count). The molecule has 2 aromatic rings. The minimum absolute atomic E-state index is 0.101. The Labute approximate surface area is 143 Å². The standard InChI is InChI=1S/C16H14Cl2N2O3/c1-9(10-2-4-12-13(8-10)23-7-6-22-12)19-16(21)15-11(17)3-5-14(18)20-15/h2-5,8-9H,6-7H2,1H3,(H,19,21). The largest absolute Gasteiger partial charge is 0.486 e. The summed E-state index contributed by atoms with van der Waals surface area (Å²) < 4.78 is 11.0. The van der Waals surface area contributed by atoms with Crippen molar-refractivity contribution in [2.45, 2.75) is 13.0 Å². The van der Waals surface area contributed by atoms with Crippen molar-refractivity contribution >= 4 is 29.1 Å². The number of fused-ring (bicyclic) bond motifs is 1. The molecule has 0 bridgehead atoms. The highest BCUT2D eigenvalue weighted by molar-refractivity contribution is 6.34. The number of amides is 1. The lowest BCUT2D eigenvalue weighted by Crippen LogP contribution is -2.28. The van der Waals surface area contributed by atoms with Crippen molar-refractivity contribution < 1.29 is 14.3 Å². The molecule has 1 aromatic heterocycles. The van der Waals surface area contributed by atoms with Crippen LogP contribution in [0.5, 0.6) is 11.5 Å². The van der Waals surface area contributed by atoms with Crippen LogP contribution in [0.4, 0.5) is 0 Å². The summed E-state index contributed by atoms with van der Waals surface area (Å²) in [4.78, 5) is 16.3. The van der Waals surface area contributed by atoms with E-state index in [0.717, 1.165) is 5.56 Å². The first-order valence-electron chi connectivity index (χ1n) is 7.07. The molecule has 0 radical (unpaired) electrons. The van der Waals surface area contributed by atoms with Gasteiger partial charge >= 0.3 is 0 Å². The van der Waals surface area contributed by atoms with Crippen molar-refractivity contribution in [3.8, 4) is 11.5 Å². The number of hydrogen-bond donors (Lipinski definition) is 1. The zero-order valence-corrected chi connectivity index (χ0v) is 13.8. The van der Waals surface area contributed by atoms with Crippen molar-refractivity contribution in [3.63, 3.8) is 0 Å². The van der Waals surface area contributed by atoms with Crippen molar-refractivity contribution in [1.29, 1.82) is 0 Å². The van der Waals surface area contributed by atoms with E-state index in [-0.39, 0.29) is 27.8 Å². The molecular weight excluding hydrogens is 339 g/mol. The average molecular weight is 353 g/mol. The van der Waals surface area contributed by atoms with Gasteiger partial charge in [-0.05, 0) is 36.8 Å². The summed E-state index contributed by atoms with van der Waals surface area (Å²) in [7, 11) is 0. The monoisotopic (exact) mass is 352 g/mol. The fraction of sp³-hybridized carbons (Fsp3) is 0.250. The van der Waals surface area contributed by atoms with Gasteiger partial charge in [0.15, 0.2) is 11.5 Å². The topological polar surface area (TPSA) is 60.5 Å². The van der Waals surface area contributed by atoms with Crippen LogP contribution in [0.1, 0.15) is 29.0 Å². The van der Waals surface area contributed by atoms with Gasteiger partial charge < -0.3 is 14.8 Å². The summed E-state index contributed by atoms with van der Waals surface area (Å²) in [5.41, 5.74) is 0.990. The number of nitrogens with one attached hydrogen (secondary N) is 1. The van der Waals surface area contributed by atoms with Crippen LogP contribution in [0.25, 0.3) is 0 Å². The van der Waals surface area contributed by atoms with Gasteiger partial charge in [-0.1, -0.05) is 29.3 Å². The second-order valence-corrected chi connectivity index (χ2v) is 5.86. The van der Waals surface area contributed by atoms with E-state index in [1.165, 1.54) is 6.07 Å². The summed E-state index contributed by atoms with van der Waals surface area (Å²) in [6, 6.07) is 8.38. The molecule has 1 aliphatic rings. The number of carbonyl (C=O) groups excluding carboxylic acids is 1. The fourth-order valence-corrected chi connectivity index (χ4v) is 2.59. The highest BCUT2D eigenvalue weighted by Gasteiger charge is 2.18. The number of nitrogens with zero attached hydrogens (tertiary/aromatic N) is 1. The molecule has 0 spiro atoms. The Balaban J connectivity index is 1.77. The van der Waals surface area contributed by atoms with E-state index in [0.29, 0.717) is 24.7 Å². The minimum atomic E-state index is -0.389. The number of halogens is 2. The Morgan fingerprint density at radius 3 is 2.70 bits per heavy atom. The fourth-order valence-electron chi connectivity index (χ4n) is 2.26. The number of pyridine rings is 1. The van der Waals surface area contributed by atoms with Crippen LogP contribution in [0.3, 0.4) is 0 Å². The first kappa shape index (κ1) is 15.9. The maximum absolute atomic E-state index is 12.3. The number of rotatable bonds is 3. The molecule has 1 amide bonds. The van der Waals surface area contributed by atoms with Gasteiger partial charge in [-0.15, -0.1) is 0 Å². The molecule has 0 fully saturated rings. The van der Waals surface area contributed by atoms with Gasteiger partial charge in [-0.25, -0.2) is 4.98 Å². The predicted molar refractivity (Wildman–Crippen MR) is 87.6 cm³/mol. The Bertz CT molecular complexity index is 752. The molecule has 23 heavy (non-hydrogen) atoms. The van der Waals surface area contributed by atoms with E-state index in [1.54, 1.807) is 6.07 Å². The lowest BCUT2D eigenvalue weighted by atomic mass is 10.1. The number of ether oxygens (including phenoxy) is 2. The normalized spacial score (nSPS) is 14.2. The zero-order chi connectivity index (χ0) is 16.4. The Kier molecular flexibility index (Phi) is 4.59. The Morgan fingerprint density at radius 2 is 1.91 bits per heavy atom.